The number of Topliss-reactive ketones (excluding diaryl/α,β-unsaturated/α-hetero) is 1. The molecule has 0 amide bonds. The van der Waals surface area contributed by atoms with E-state index in [0.29, 0.717) is 12.3 Å². The topological polar surface area (TPSA) is 37.3 Å². The minimum atomic E-state index is -0.101. The SMILES string of the molecule is CC1=C(O)C(=O)CCC1C. The summed E-state index contributed by atoms with van der Waals surface area (Å²) in [4.78, 5) is 10.8. The Labute approximate surface area is 60.6 Å². The first kappa shape index (κ1) is 7.32. The van der Waals surface area contributed by atoms with Crippen LogP contribution in [0.1, 0.15) is 26.7 Å². The zero-order chi connectivity index (χ0) is 7.72. The van der Waals surface area contributed by atoms with Crippen molar-refractivity contribution in [1.29, 1.82) is 0 Å². The van der Waals surface area contributed by atoms with E-state index < -0.39 is 0 Å². The van der Waals surface area contributed by atoms with E-state index >= 15 is 0 Å². The van der Waals surface area contributed by atoms with Gasteiger partial charge in [0.05, 0.1) is 0 Å². The number of hydrogen-bond acceptors (Lipinski definition) is 2. The molecule has 0 spiro atoms. The van der Waals surface area contributed by atoms with Gasteiger partial charge in [0.25, 0.3) is 0 Å². The van der Waals surface area contributed by atoms with Gasteiger partial charge < -0.3 is 5.11 Å². The maximum absolute atomic E-state index is 10.8. The number of allylic oxidation sites excluding steroid dienone is 2. The fourth-order valence-corrected chi connectivity index (χ4v) is 1.14. The molecule has 2 nitrogen and oxygen atoms in total. The lowest BCUT2D eigenvalue weighted by molar-refractivity contribution is -0.118. The maximum Gasteiger partial charge on any atom is 0.197 e. The summed E-state index contributed by atoms with van der Waals surface area (Å²) in [6.45, 7) is 3.84. The molecule has 0 aromatic heterocycles. The number of carbonyl (C=O) groups is 1. The van der Waals surface area contributed by atoms with Crippen LogP contribution in [0.2, 0.25) is 0 Å². The summed E-state index contributed by atoms with van der Waals surface area (Å²) in [5.41, 5.74) is 0.844. The molecule has 1 rings (SSSR count). The van der Waals surface area contributed by atoms with Gasteiger partial charge in [-0.15, -0.1) is 0 Å². The van der Waals surface area contributed by atoms with Gasteiger partial charge in [-0.2, -0.15) is 0 Å². The summed E-state index contributed by atoms with van der Waals surface area (Å²) >= 11 is 0. The second kappa shape index (κ2) is 2.45. The minimum absolute atomic E-state index is 0.00116. The number of aliphatic hydroxyl groups excluding tert-OH is 1. The molecule has 0 saturated carbocycles. The van der Waals surface area contributed by atoms with Crippen LogP contribution in [-0.4, -0.2) is 10.9 Å². The lowest BCUT2D eigenvalue weighted by Crippen LogP contribution is -2.15. The predicted octanol–water partition coefficient (Wildman–Crippen LogP) is 1.82. The van der Waals surface area contributed by atoms with Crippen LogP contribution < -0.4 is 0 Å². The molecule has 1 atom stereocenters. The molecule has 0 aromatic rings. The average Bonchev–Trinajstić information content (AvgIpc) is 1.93. The van der Waals surface area contributed by atoms with Gasteiger partial charge in [-0.1, -0.05) is 6.92 Å². The highest BCUT2D eigenvalue weighted by Crippen LogP contribution is 2.25. The maximum atomic E-state index is 10.8. The van der Waals surface area contributed by atoms with Crippen molar-refractivity contribution in [1.82, 2.24) is 0 Å². The highest BCUT2D eigenvalue weighted by molar-refractivity contribution is 5.94. The predicted molar refractivity (Wildman–Crippen MR) is 38.7 cm³/mol. The van der Waals surface area contributed by atoms with Crippen LogP contribution in [0.15, 0.2) is 11.3 Å². The molecule has 2 heteroatoms. The van der Waals surface area contributed by atoms with Gasteiger partial charge in [-0.25, -0.2) is 0 Å². The normalized spacial score (nSPS) is 27.4. The number of carbonyl (C=O) groups excluding carboxylic acids is 1. The quantitative estimate of drug-likeness (QED) is 0.557. The number of hydrogen-bond donors (Lipinski definition) is 1. The molecule has 0 fully saturated rings. The third-order valence-electron chi connectivity index (χ3n) is 2.18. The Balaban J connectivity index is 2.92. The highest BCUT2D eigenvalue weighted by atomic mass is 16.3. The molecule has 0 aliphatic heterocycles. The molecule has 56 valence electrons. The number of ketones is 1. The smallest absolute Gasteiger partial charge is 0.197 e. The van der Waals surface area contributed by atoms with Crippen LogP contribution in [0.4, 0.5) is 0 Å². The fourth-order valence-electron chi connectivity index (χ4n) is 1.14. The van der Waals surface area contributed by atoms with Crippen molar-refractivity contribution in [2.75, 3.05) is 0 Å². The van der Waals surface area contributed by atoms with Crippen molar-refractivity contribution < 1.29 is 9.90 Å². The summed E-state index contributed by atoms with van der Waals surface area (Å²) < 4.78 is 0. The van der Waals surface area contributed by atoms with E-state index in [2.05, 4.69) is 0 Å². The zero-order valence-electron chi connectivity index (χ0n) is 6.35. The van der Waals surface area contributed by atoms with E-state index in [4.69, 9.17) is 5.11 Å². The van der Waals surface area contributed by atoms with Crippen LogP contribution in [-0.2, 0) is 4.79 Å². The van der Waals surface area contributed by atoms with Crippen LogP contribution in [0, 0.1) is 5.92 Å². The van der Waals surface area contributed by atoms with Gasteiger partial charge in [-0.05, 0) is 24.8 Å². The molecule has 1 aliphatic rings. The Morgan fingerprint density at radius 2 is 2.20 bits per heavy atom. The Hall–Kier alpha value is -0.790. The lowest BCUT2D eigenvalue weighted by atomic mass is 9.88. The fraction of sp³-hybridized carbons (Fsp3) is 0.625. The molecule has 1 aliphatic carbocycles. The Morgan fingerprint density at radius 3 is 2.70 bits per heavy atom. The molecule has 10 heavy (non-hydrogen) atoms. The molecule has 0 aromatic carbocycles. The lowest BCUT2D eigenvalue weighted by Gasteiger charge is -2.18. The van der Waals surface area contributed by atoms with Crippen molar-refractivity contribution in [2.45, 2.75) is 26.7 Å². The van der Waals surface area contributed by atoms with Crippen molar-refractivity contribution in [2.24, 2.45) is 5.92 Å². The van der Waals surface area contributed by atoms with Crippen molar-refractivity contribution >= 4 is 5.78 Å². The van der Waals surface area contributed by atoms with Gasteiger partial charge in [0.1, 0.15) is 0 Å². The van der Waals surface area contributed by atoms with E-state index in [1.165, 1.54) is 0 Å². The molecule has 0 saturated heterocycles. The molecule has 0 bridgehead atoms. The van der Waals surface area contributed by atoms with Gasteiger partial charge in [0.15, 0.2) is 11.5 Å². The van der Waals surface area contributed by atoms with Crippen LogP contribution in [0.3, 0.4) is 0 Å². The Kier molecular flexibility index (Phi) is 1.79. The van der Waals surface area contributed by atoms with E-state index in [-0.39, 0.29) is 11.5 Å². The number of aliphatic hydroxyl groups is 1. The van der Waals surface area contributed by atoms with Crippen LogP contribution >= 0.6 is 0 Å². The second-order valence-electron chi connectivity index (χ2n) is 2.89. The summed E-state index contributed by atoms with van der Waals surface area (Å²) in [7, 11) is 0. The van der Waals surface area contributed by atoms with Crippen LogP contribution in [0.5, 0.6) is 0 Å². The first-order valence-corrected chi connectivity index (χ1v) is 3.56. The Bertz CT molecular complexity index is 191. The number of rotatable bonds is 0. The highest BCUT2D eigenvalue weighted by Gasteiger charge is 2.21. The summed E-state index contributed by atoms with van der Waals surface area (Å²) in [5, 5.41) is 9.15. The molecular formula is C8H12O2. The first-order valence-electron chi connectivity index (χ1n) is 3.56. The van der Waals surface area contributed by atoms with E-state index in [9.17, 15) is 4.79 Å². The van der Waals surface area contributed by atoms with E-state index in [0.717, 1.165) is 12.0 Å². The van der Waals surface area contributed by atoms with E-state index in [1.54, 1.807) is 0 Å². The Morgan fingerprint density at radius 1 is 1.60 bits per heavy atom. The third kappa shape index (κ3) is 1.06. The van der Waals surface area contributed by atoms with Gasteiger partial charge in [0.2, 0.25) is 0 Å². The first-order chi connectivity index (χ1) is 4.63. The molecule has 1 N–H and O–H groups in total. The monoisotopic (exact) mass is 140 g/mol. The van der Waals surface area contributed by atoms with E-state index in [1.807, 2.05) is 13.8 Å². The molecule has 0 heterocycles. The van der Waals surface area contributed by atoms with Crippen molar-refractivity contribution in [3.05, 3.63) is 11.3 Å². The largest absolute Gasteiger partial charge is 0.504 e. The molecule has 1 unspecified atom stereocenters. The van der Waals surface area contributed by atoms with Crippen LogP contribution in [0.25, 0.3) is 0 Å². The summed E-state index contributed by atoms with van der Waals surface area (Å²) in [6, 6.07) is 0. The molecule has 0 radical (unpaired) electrons. The minimum Gasteiger partial charge on any atom is -0.504 e. The van der Waals surface area contributed by atoms with Gasteiger partial charge in [0, 0.05) is 6.42 Å². The van der Waals surface area contributed by atoms with Gasteiger partial charge in [-0.3, -0.25) is 4.79 Å². The van der Waals surface area contributed by atoms with Gasteiger partial charge >= 0.3 is 0 Å². The standard InChI is InChI=1S/C8H12O2/c1-5-3-4-7(9)8(10)6(5)2/h5,10H,3-4H2,1-2H3. The van der Waals surface area contributed by atoms with Crippen molar-refractivity contribution in [3.63, 3.8) is 0 Å². The molecular weight excluding hydrogens is 128 g/mol. The third-order valence-corrected chi connectivity index (χ3v) is 2.18. The summed E-state index contributed by atoms with van der Waals surface area (Å²) in [6.07, 6.45) is 1.39. The second-order valence-corrected chi connectivity index (χ2v) is 2.89. The average molecular weight is 140 g/mol. The summed E-state index contributed by atoms with van der Waals surface area (Å²) in [5.74, 6) is 0.270. The van der Waals surface area contributed by atoms with Crippen molar-refractivity contribution in [3.8, 4) is 0 Å². The zero-order valence-corrected chi connectivity index (χ0v) is 6.35.